The van der Waals surface area contributed by atoms with Crippen LogP contribution in [-0.2, 0) is 4.79 Å². The number of hydrogen-bond donors (Lipinski definition) is 0. The highest BCUT2D eigenvalue weighted by molar-refractivity contribution is 6.30. The van der Waals surface area contributed by atoms with Gasteiger partial charge >= 0.3 is 0 Å². The predicted molar refractivity (Wildman–Crippen MR) is 101 cm³/mol. The maximum absolute atomic E-state index is 12.7. The van der Waals surface area contributed by atoms with Crippen LogP contribution in [0.4, 0.5) is 5.69 Å². The Morgan fingerprint density at radius 1 is 1.15 bits per heavy atom. The Balaban J connectivity index is 1.56. The second kappa shape index (κ2) is 8.11. The summed E-state index contributed by atoms with van der Waals surface area (Å²) in [6, 6.07) is 16.7. The molecule has 2 aromatic carbocycles. The summed E-state index contributed by atoms with van der Waals surface area (Å²) in [5.74, 6) is 0.487. The first-order valence-electron chi connectivity index (χ1n) is 8.53. The number of hydrogen-bond acceptors (Lipinski definition) is 4. The van der Waals surface area contributed by atoms with Gasteiger partial charge < -0.3 is 14.5 Å². The van der Waals surface area contributed by atoms with Gasteiger partial charge in [-0.1, -0.05) is 23.7 Å². The molecule has 0 N–H and O–H groups in total. The molecule has 1 aliphatic rings. The van der Waals surface area contributed by atoms with Gasteiger partial charge in [0.05, 0.1) is 11.6 Å². The molecule has 1 heterocycles. The van der Waals surface area contributed by atoms with Crippen molar-refractivity contribution in [3.63, 3.8) is 0 Å². The monoisotopic (exact) mass is 369 g/mol. The molecule has 0 aromatic heterocycles. The summed E-state index contributed by atoms with van der Waals surface area (Å²) in [5, 5.41) is 9.66. The normalized spacial score (nSPS) is 15.3. The Kier molecular flexibility index (Phi) is 5.65. The number of carbonyl (C=O) groups is 1. The Bertz CT molecular complexity index is 826. The topological polar surface area (TPSA) is 56.6 Å². The number of anilines is 1. The fraction of sp³-hybridized carbons (Fsp3) is 0.300. The van der Waals surface area contributed by atoms with Crippen molar-refractivity contribution in [2.24, 2.45) is 0 Å². The third-order valence-electron chi connectivity index (χ3n) is 4.39. The van der Waals surface area contributed by atoms with E-state index >= 15 is 0 Å². The first-order chi connectivity index (χ1) is 12.6. The molecule has 6 heteroatoms. The molecule has 1 atom stereocenters. The second-order valence-corrected chi connectivity index (χ2v) is 6.63. The third kappa shape index (κ3) is 4.27. The quantitative estimate of drug-likeness (QED) is 0.829. The highest BCUT2D eigenvalue weighted by Gasteiger charge is 2.26. The van der Waals surface area contributed by atoms with Gasteiger partial charge in [0.25, 0.3) is 5.91 Å². The maximum Gasteiger partial charge on any atom is 0.263 e. The molecule has 2 aromatic rings. The van der Waals surface area contributed by atoms with E-state index in [0.29, 0.717) is 29.4 Å². The number of piperazine rings is 1. The molecule has 1 saturated heterocycles. The number of carbonyl (C=O) groups excluding carboxylic acids is 1. The smallest absolute Gasteiger partial charge is 0.263 e. The van der Waals surface area contributed by atoms with E-state index in [-0.39, 0.29) is 5.91 Å². The Morgan fingerprint density at radius 3 is 2.58 bits per heavy atom. The van der Waals surface area contributed by atoms with Crippen LogP contribution in [0.15, 0.2) is 48.5 Å². The average molecular weight is 370 g/mol. The first-order valence-corrected chi connectivity index (χ1v) is 8.91. The Morgan fingerprint density at radius 2 is 1.88 bits per heavy atom. The number of halogens is 1. The fourth-order valence-corrected chi connectivity index (χ4v) is 3.19. The van der Waals surface area contributed by atoms with E-state index < -0.39 is 6.10 Å². The van der Waals surface area contributed by atoms with Crippen LogP contribution in [-0.4, -0.2) is 43.1 Å². The van der Waals surface area contributed by atoms with Gasteiger partial charge in [0.1, 0.15) is 5.75 Å². The zero-order valence-electron chi connectivity index (χ0n) is 14.6. The van der Waals surface area contributed by atoms with E-state index in [1.165, 1.54) is 0 Å². The highest BCUT2D eigenvalue weighted by atomic mass is 35.5. The van der Waals surface area contributed by atoms with Crippen molar-refractivity contribution in [1.29, 1.82) is 5.26 Å². The van der Waals surface area contributed by atoms with Crippen LogP contribution in [0.2, 0.25) is 5.02 Å². The van der Waals surface area contributed by atoms with Gasteiger partial charge in [-0.15, -0.1) is 0 Å². The lowest BCUT2D eigenvalue weighted by Gasteiger charge is -2.37. The van der Waals surface area contributed by atoms with Crippen LogP contribution in [0.25, 0.3) is 0 Å². The lowest BCUT2D eigenvalue weighted by molar-refractivity contribution is -0.138. The van der Waals surface area contributed by atoms with Crippen molar-refractivity contribution in [2.75, 3.05) is 31.1 Å². The second-order valence-electron chi connectivity index (χ2n) is 6.19. The van der Waals surface area contributed by atoms with E-state index in [2.05, 4.69) is 11.0 Å². The molecule has 1 aliphatic heterocycles. The van der Waals surface area contributed by atoms with Gasteiger partial charge in [-0.2, -0.15) is 5.26 Å². The molecule has 1 unspecified atom stereocenters. The number of amides is 1. The van der Waals surface area contributed by atoms with E-state index in [0.717, 1.165) is 18.8 Å². The molecular formula is C20H20ClN3O2. The minimum Gasteiger partial charge on any atom is -0.481 e. The molecule has 26 heavy (non-hydrogen) atoms. The lowest BCUT2D eigenvalue weighted by atomic mass is 10.2. The van der Waals surface area contributed by atoms with E-state index in [1.807, 2.05) is 29.2 Å². The van der Waals surface area contributed by atoms with Crippen LogP contribution >= 0.6 is 11.6 Å². The van der Waals surface area contributed by atoms with Crippen molar-refractivity contribution in [1.82, 2.24) is 4.90 Å². The number of benzene rings is 2. The van der Waals surface area contributed by atoms with Gasteiger partial charge in [0.15, 0.2) is 6.10 Å². The van der Waals surface area contributed by atoms with Crippen molar-refractivity contribution in [3.8, 4) is 11.8 Å². The van der Waals surface area contributed by atoms with Crippen LogP contribution in [0.5, 0.6) is 5.75 Å². The molecule has 134 valence electrons. The SMILES string of the molecule is CC(Oc1cccc(C#N)c1)C(=O)N1CCN(c2cccc(Cl)c2)CC1. The summed E-state index contributed by atoms with van der Waals surface area (Å²) in [5.41, 5.74) is 1.58. The van der Waals surface area contributed by atoms with Gasteiger partial charge in [-0.05, 0) is 43.3 Å². The molecular weight excluding hydrogens is 350 g/mol. The molecule has 3 rings (SSSR count). The molecule has 5 nitrogen and oxygen atoms in total. The zero-order chi connectivity index (χ0) is 18.5. The minimum absolute atomic E-state index is 0.0434. The van der Waals surface area contributed by atoms with Crippen LogP contribution in [0, 0.1) is 11.3 Å². The summed E-state index contributed by atoms with van der Waals surface area (Å²) < 4.78 is 5.73. The van der Waals surface area contributed by atoms with Crippen LogP contribution in [0.1, 0.15) is 12.5 Å². The minimum atomic E-state index is -0.596. The largest absolute Gasteiger partial charge is 0.481 e. The van der Waals surface area contributed by atoms with Gasteiger partial charge in [0.2, 0.25) is 0 Å². The molecule has 0 radical (unpaired) electrons. The van der Waals surface area contributed by atoms with Crippen LogP contribution in [0.3, 0.4) is 0 Å². The van der Waals surface area contributed by atoms with Crippen LogP contribution < -0.4 is 9.64 Å². The Labute approximate surface area is 158 Å². The summed E-state index contributed by atoms with van der Waals surface area (Å²) in [6.45, 7) is 4.52. The van der Waals surface area contributed by atoms with Crippen molar-refractivity contribution >= 4 is 23.2 Å². The van der Waals surface area contributed by atoms with Crippen molar-refractivity contribution in [3.05, 3.63) is 59.1 Å². The third-order valence-corrected chi connectivity index (χ3v) is 4.62. The molecule has 0 spiro atoms. The number of rotatable bonds is 4. The predicted octanol–water partition coefficient (Wildman–Crippen LogP) is 3.33. The van der Waals surface area contributed by atoms with E-state index in [9.17, 15) is 4.79 Å². The molecule has 0 aliphatic carbocycles. The Hall–Kier alpha value is -2.71. The summed E-state index contributed by atoms with van der Waals surface area (Å²) >= 11 is 6.06. The molecule has 1 amide bonds. The molecule has 0 bridgehead atoms. The van der Waals surface area contributed by atoms with Gasteiger partial charge in [-0.3, -0.25) is 4.79 Å². The van der Waals surface area contributed by atoms with Gasteiger partial charge in [0, 0.05) is 36.9 Å². The lowest BCUT2D eigenvalue weighted by Crippen LogP contribution is -2.52. The summed E-state index contributed by atoms with van der Waals surface area (Å²) in [4.78, 5) is 16.7. The van der Waals surface area contributed by atoms with Crippen molar-refractivity contribution < 1.29 is 9.53 Å². The molecule has 1 fully saturated rings. The maximum atomic E-state index is 12.7. The number of ether oxygens (including phenoxy) is 1. The molecule has 0 saturated carbocycles. The summed E-state index contributed by atoms with van der Waals surface area (Å²) in [6.07, 6.45) is -0.596. The number of nitriles is 1. The zero-order valence-corrected chi connectivity index (χ0v) is 15.3. The highest BCUT2D eigenvalue weighted by Crippen LogP contribution is 2.21. The van der Waals surface area contributed by atoms with E-state index in [4.69, 9.17) is 21.6 Å². The standard InChI is InChI=1S/C20H20ClN3O2/c1-15(26-19-7-2-4-16(12-19)14-22)20(25)24-10-8-23(9-11-24)18-6-3-5-17(21)13-18/h2-7,12-13,15H,8-11H2,1H3. The van der Waals surface area contributed by atoms with Gasteiger partial charge in [-0.25, -0.2) is 0 Å². The van der Waals surface area contributed by atoms with E-state index in [1.54, 1.807) is 31.2 Å². The van der Waals surface area contributed by atoms with Crippen molar-refractivity contribution in [2.45, 2.75) is 13.0 Å². The fourth-order valence-electron chi connectivity index (χ4n) is 3.01. The average Bonchev–Trinajstić information content (AvgIpc) is 2.67. The first kappa shape index (κ1) is 18.1. The number of nitrogens with zero attached hydrogens (tertiary/aromatic N) is 3. The summed E-state index contributed by atoms with van der Waals surface area (Å²) in [7, 11) is 0.